The lowest BCUT2D eigenvalue weighted by atomic mass is 10.4. The van der Waals surface area contributed by atoms with Crippen LogP contribution in [-0.4, -0.2) is 11.1 Å². The van der Waals surface area contributed by atoms with E-state index in [1.807, 2.05) is 0 Å². The number of aromatic carboxylic acids is 1. The zero-order valence-corrected chi connectivity index (χ0v) is 5.68. The summed E-state index contributed by atoms with van der Waals surface area (Å²) in [5.74, 6) is -0.972. The third-order valence-corrected chi connectivity index (χ3v) is 1.83. The van der Waals surface area contributed by atoms with Crippen molar-refractivity contribution < 1.29 is 9.90 Å². The van der Waals surface area contributed by atoms with Crippen molar-refractivity contribution in [2.24, 2.45) is 0 Å². The van der Waals surface area contributed by atoms with Crippen molar-refractivity contribution in [2.75, 3.05) is 0 Å². The van der Waals surface area contributed by atoms with Crippen LogP contribution in [0.3, 0.4) is 0 Å². The molecule has 0 saturated carbocycles. The number of thiophene rings is 1. The highest BCUT2D eigenvalue weighted by Gasteiger charge is 2.04. The van der Waals surface area contributed by atoms with Gasteiger partial charge in [0.1, 0.15) is 4.88 Å². The predicted molar refractivity (Wildman–Crippen MR) is 37.5 cm³/mol. The second kappa shape index (κ2) is 2.50. The first-order valence-electron chi connectivity index (χ1n) is 2.43. The molecule has 0 aromatic carbocycles. The molecule has 0 aliphatic carbocycles. The van der Waals surface area contributed by atoms with Crippen LogP contribution in [0.15, 0.2) is 11.4 Å². The first-order valence-corrected chi connectivity index (χ1v) is 3.31. The van der Waals surface area contributed by atoms with Gasteiger partial charge >= 0.3 is 5.97 Å². The Morgan fingerprint density at radius 2 is 2.50 bits per heavy atom. The average Bonchev–Trinajstić information content (AvgIpc) is 2.34. The molecule has 50 valence electrons. The van der Waals surface area contributed by atoms with E-state index in [-0.39, 0.29) is 4.88 Å². The highest BCUT2D eigenvalue weighted by molar-refractivity contribution is 7.12. The summed E-state index contributed by atoms with van der Waals surface area (Å²) in [5, 5.41) is 9.93. The summed E-state index contributed by atoms with van der Waals surface area (Å²) in [5.41, 5.74) is 0.391. The third-order valence-electron chi connectivity index (χ3n) is 0.926. The zero-order chi connectivity index (χ0) is 7.56. The van der Waals surface area contributed by atoms with Gasteiger partial charge in [0, 0.05) is 0 Å². The third kappa shape index (κ3) is 1.14. The Labute approximate surface area is 61.4 Å². The normalized spacial score (nSPS) is 8.70. The standard InChI is InChI=1S/C6H3NO2S/c1-7-4-2-5(6(8)9)10-3-4/h2-3H,(H,8,9). The Hall–Kier alpha value is -1.34. The molecule has 3 nitrogen and oxygen atoms in total. The summed E-state index contributed by atoms with van der Waals surface area (Å²) >= 11 is 1.07. The van der Waals surface area contributed by atoms with Crippen LogP contribution in [0.1, 0.15) is 9.67 Å². The molecule has 0 saturated heterocycles. The first-order chi connectivity index (χ1) is 4.74. The van der Waals surface area contributed by atoms with E-state index >= 15 is 0 Å². The maximum atomic E-state index is 10.2. The van der Waals surface area contributed by atoms with Crippen LogP contribution in [0, 0.1) is 6.57 Å². The van der Waals surface area contributed by atoms with Crippen LogP contribution < -0.4 is 0 Å². The molecule has 1 aromatic heterocycles. The van der Waals surface area contributed by atoms with E-state index in [1.54, 1.807) is 0 Å². The second-order valence-electron chi connectivity index (χ2n) is 1.59. The molecule has 0 fully saturated rings. The topological polar surface area (TPSA) is 41.7 Å². The SMILES string of the molecule is [C-]#[N+]c1csc(C(=O)O)c1. The van der Waals surface area contributed by atoms with Crippen molar-refractivity contribution in [3.05, 3.63) is 27.7 Å². The zero-order valence-electron chi connectivity index (χ0n) is 4.87. The molecule has 10 heavy (non-hydrogen) atoms. The summed E-state index contributed by atoms with van der Waals surface area (Å²) in [6.45, 7) is 6.54. The van der Waals surface area contributed by atoms with Crippen molar-refractivity contribution in [1.82, 2.24) is 0 Å². The van der Waals surface area contributed by atoms with Gasteiger partial charge < -0.3 is 5.11 Å². The summed E-state index contributed by atoms with van der Waals surface area (Å²) in [7, 11) is 0. The van der Waals surface area contributed by atoms with Gasteiger partial charge in [-0.15, -0.1) is 0 Å². The van der Waals surface area contributed by atoms with E-state index < -0.39 is 5.97 Å². The lowest BCUT2D eigenvalue weighted by Crippen LogP contribution is -1.89. The molecular weight excluding hydrogens is 150 g/mol. The van der Waals surface area contributed by atoms with Gasteiger partial charge in [0.15, 0.2) is 5.69 Å². The van der Waals surface area contributed by atoms with E-state index in [0.29, 0.717) is 5.69 Å². The van der Waals surface area contributed by atoms with Crippen molar-refractivity contribution in [1.29, 1.82) is 0 Å². The fraction of sp³-hybridized carbons (Fsp3) is 0. The second-order valence-corrected chi connectivity index (χ2v) is 2.50. The number of carboxylic acids is 1. The number of rotatable bonds is 1. The van der Waals surface area contributed by atoms with Crippen LogP contribution >= 0.6 is 11.3 Å². The molecular formula is C6H3NO2S. The van der Waals surface area contributed by atoms with Crippen molar-refractivity contribution >= 4 is 23.0 Å². The van der Waals surface area contributed by atoms with Gasteiger partial charge in [-0.1, -0.05) is 0 Å². The average molecular weight is 153 g/mol. The Kier molecular flexibility index (Phi) is 1.69. The largest absolute Gasteiger partial charge is 0.477 e. The minimum absolute atomic E-state index is 0.214. The van der Waals surface area contributed by atoms with E-state index in [1.165, 1.54) is 11.4 Å². The van der Waals surface area contributed by atoms with E-state index in [4.69, 9.17) is 11.7 Å². The van der Waals surface area contributed by atoms with E-state index in [0.717, 1.165) is 11.3 Å². The van der Waals surface area contributed by atoms with Crippen LogP contribution in [0.5, 0.6) is 0 Å². The van der Waals surface area contributed by atoms with Crippen molar-refractivity contribution in [3.63, 3.8) is 0 Å². The molecule has 0 radical (unpaired) electrons. The molecule has 1 rings (SSSR count). The lowest BCUT2D eigenvalue weighted by Gasteiger charge is -1.79. The summed E-state index contributed by atoms with van der Waals surface area (Å²) < 4.78 is 0. The number of carboxylic acid groups (broad SMARTS) is 1. The fourth-order valence-corrected chi connectivity index (χ4v) is 1.16. The van der Waals surface area contributed by atoms with Gasteiger partial charge in [-0.2, -0.15) is 11.3 Å². The van der Waals surface area contributed by atoms with Gasteiger partial charge in [-0.05, 0) is 11.4 Å². The summed E-state index contributed by atoms with van der Waals surface area (Å²) in [4.78, 5) is 13.5. The molecule has 1 heterocycles. The number of hydrogen-bond donors (Lipinski definition) is 1. The Morgan fingerprint density at radius 1 is 1.80 bits per heavy atom. The van der Waals surface area contributed by atoms with Crippen molar-refractivity contribution in [2.45, 2.75) is 0 Å². The maximum absolute atomic E-state index is 10.2. The smallest absolute Gasteiger partial charge is 0.344 e. The van der Waals surface area contributed by atoms with Crippen molar-refractivity contribution in [3.8, 4) is 0 Å². The Bertz CT molecular complexity index is 297. The summed E-state index contributed by atoms with van der Waals surface area (Å²) in [6.07, 6.45) is 0. The molecule has 0 amide bonds. The first kappa shape index (κ1) is 6.78. The molecule has 0 bridgehead atoms. The van der Waals surface area contributed by atoms with Gasteiger partial charge in [-0.3, -0.25) is 0 Å². The molecule has 0 aliphatic heterocycles. The minimum Gasteiger partial charge on any atom is -0.477 e. The monoisotopic (exact) mass is 153 g/mol. The van der Waals surface area contributed by atoms with E-state index in [2.05, 4.69) is 4.85 Å². The fourth-order valence-electron chi connectivity index (χ4n) is 0.497. The maximum Gasteiger partial charge on any atom is 0.344 e. The predicted octanol–water partition coefficient (Wildman–Crippen LogP) is 2.00. The Balaban J connectivity index is 3.02. The van der Waals surface area contributed by atoms with Crippen LogP contribution in [0.25, 0.3) is 4.85 Å². The van der Waals surface area contributed by atoms with E-state index in [9.17, 15) is 4.79 Å². The number of hydrogen-bond acceptors (Lipinski definition) is 2. The molecule has 0 aliphatic rings. The van der Waals surface area contributed by atoms with Crippen LogP contribution in [0.2, 0.25) is 0 Å². The van der Waals surface area contributed by atoms with Gasteiger partial charge in [0.25, 0.3) is 0 Å². The van der Waals surface area contributed by atoms with Gasteiger partial charge in [-0.25, -0.2) is 9.64 Å². The molecule has 0 spiro atoms. The minimum atomic E-state index is -0.972. The molecule has 4 heteroatoms. The van der Waals surface area contributed by atoms with Gasteiger partial charge in [0.05, 0.1) is 6.57 Å². The quantitative estimate of drug-likeness (QED) is 0.627. The number of carbonyl (C=O) groups is 1. The van der Waals surface area contributed by atoms with Crippen LogP contribution in [0.4, 0.5) is 5.69 Å². The number of nitrogens with zero attached hydrogens (tertiary/aromatic N) is 1. The van der Waals surface area contributed by atoms with Crippen LogP contribution in [-0.2, 0) is 0 Å². The molecule has 1 aromatic rings. The molecule has 1 N–H and O–H groups in total. The highest BCUT2D eigenvalue weighted by Crippen LogP contribution is 2.21. The highest BCUT2D eigenvalue weighted by atomic mass is 32.1. The molecule has 0 atom stereocenters. The Morgan fingerprint density at radius 3 is 2.80 bits per heavy atom. The lowest BCUT2D eigenvalue weighted by molar-refractivity contribution is 0.0702. The molecule has 0 unspecified atom stereocenters. The summed E-state index contributed by atoms with van der Waals surface area (Å²) in [6, 6.07) is 1.36. The van der Waals surface area contributed by atoms with Gasteiger partial charge in [0.2, 0.25) is 0 Å².